The molecule has 0 aromatic carbocycles. The Balaban J connectivity index is 1.34. The number of nitrogens with zero attached hydrogens (tertiary/aromatic N) is 2. The van der Waals surface area contributed by atoms with Crippen molar-refractivity contribution >= 4 is 46.6 Å². The Morgan fingerprint density at radius 3 is 2.00 bits per heavy atom. The van der Waals surface area contributed by atoms with Gasteiger partial charge in [0.2, 0.25) is 5.91 Å². The number of ketones is 1. The second-order valence-electron chi connectivity index (χ2n) is 7.50. The molecular weight excluding hydrogens is 362 g/mol. The number of aromatic nitrogens is 2. The summed E-state index contributed by atoms with van der Waals surface area (Å²) in [7, 11) is 0. The van der Waals surface area contributed by atoms with E-state index in [2.05, 4.69) is 10.2 Å². The van der Waals surface area contributed by atoms with Crippen LogP contribution in [0.5, 0.6) is 0 Å². The molecule has 0 atom stereocenters. The summed E-state index contributed by atoms with van der Waals surface area (Å²) in [5.74, 6) is 3.16. The van der Waals surface area contributed by atoms with Crippen LogP contribution < -0.4 is 5.73 Å². The highest BCUT2D eigenvalue weighted by Crippen LogP contribution is 2.60. The first-order valence-corrected chi connectivity index (χ1v) is 11.2. The summed E-state index contributed by atoms with van der Waals surface area (Å²) in [6.45, 7) is 0. The second-order valence-corrected chi connectivity index (χ2v) is 10.9. The first-order valence-electron chi connectivity index (χ1n) is 8.43. The number of carbonyl (C=O) groups excluding carboxylic acids is 2. The molecule has 5 nitrogen and oxygen atoms in total. The van der Waals surface area contributed by atoms with Crippen molar-refractivity contribution in [1.82, 2.24) is 10.2 Å². The van der Waals surface area contributed by atoms with E-state index in [9.17, 15) is 9.59 Å². The smallest absolute Gasteiger partial charge is 0.227 e. The van der Waals surface area contributed by atoms with Crippen LogP contribution in [0, 0.1) is 23.2 Å². The minimum Gasteiger partial charge on any atom is -0.369 e. The van der Waals surface area contributed by atoms with Gasteiger partial charge in [0.1, 0.15) is 5.78 Å². The van der Waals surface area contributed by atoms with Gasteiger partial charge in [-0.05, 0) is 56.3 Å². The number of primary amides is 1. The predicted octanol–water partition coefficient (Wildman–Crippen LogP) is 2.99. The Morgan fingerprint density at radius 2 is 1.50 bits per heavy atom. The van der Waals surface area contributed by atoms with E-state index in [4.69, 9.17) is 5.73 Å². The summed E-state index contributed by atoms with van der Waals surface area (Å²) in [4.78, 5) is 23.8. The number of hydrogen-bond acceptors (Lipinski definition) is 7. The standard InChI is InChI=1S/C16H21N3O2S3/c17-13(21)8-23-15-19-18-14(24-15)22-7-12(20)16-4-9-1-10(5-16)3-11(2-9)6-16/h9-11H,1-8H2,(H2,17,21). The number of thioether (sulfide) groups is 2. The van der Waals surface area contributed by atoms with Crippen molar-refractivity contribution in [2.45, 2.75) is 47.2 Å². The molecule has 4 saturated carbocycles. The van der Waals surface area contributed by atoms with Crippen molar-refractivity contribution in [2.24, 2.45) is 28.9 Å². The van der Waals surface area contributed by atoms with Crippen LogP contribution in [0.3, 0.4) is 0 Å². The molecule has 24 heavy (non-hydrogen) atoms. The lowest BCUT2D eigenvalue weighted by molar-refractivity contribution is -0.141. The van der Waals surface area contributed by atoms with Crippen molar-refractivity contribution in [1.29, 1.82) is 0 Å². The topological polar surface area (TPSA) is 85.9 Å². The number of amides is 1. The van der Waals surface area contributed by atoms with Gasteiger partial charge in [0.05, 0.1) is 11.5 Å². The average molecular weight is 384 g/mol. The van der Waals surface area contributed by atoms with E-state index in [1.165, 1.54) is 54.1 Å². The first kappa shape index (κ1) is 16.8. The zero-order chi connectivity index (χ0) is 16.7. The van der Waals surface area contributed by atoms with Gasteiger partial charge in [-0.3, -0.25) is 9.59 Å². The zero-order valence-corrected chi connectivity index (χ0v) is 15.9. The molecule has 1 heterocycles. The fourth-order valence-electron chi connectivity index (χ4n) is 5.18. The molecule has 4 fully saturated rings. The van der Waals surface area contributed by atoms with Gasteiger partial charge in [0, 0.05) is 5.41 Å². The molecule has 0 aliphatic heterocycles. The van der Waals surface area contributed by atoms with E-state index in [1.807, 2.05) is 0 Å². The molecule has 4 bridgehead atoms. The summed E-state index contributed by atoms with van der Waals surface area (Å²) < 4.78 is 1.54. The van der Waals surface area contributed by atoms with Crippen LogP contribution in [0.2, 0.25) is 0 Å². The molecule has 1 aromatic rings. The molecule has 4 aliphatic carbocycles. The van der Waals surface area contributed by atoms with E-state index < -0.39 is 0 Å². The van der Waals surface area contributed by atoms with Gasteiger partial charge in [-0.2, -0.15) is 0 Å². The average Bonchev–Trinajstić information content (AvgIpc) is 2.97. The molecule has 5 rings (SSSR count). The molecule has 1 aromatic heterocycles. The Kier molecular flexibility index (Phi) is 4.64. The van der Waals surface area contributed by atoms with Crippen LogP contribution in [-0.2, 0) is 9.59 Å². The maximum Gasteiger partial charge on any atom is 0.227 e. The third kappa shape index (κ3) is 3.37. The molecule has 8 heteroatoms. The lowest BCUT2D eigenvalue weighted by Gasteiger charge is -2.56. The SMILES string of the molecule is NC(=O)CSc1nnc(SCC(=O)C23CC4CC(CC(C4)C2)C3)s1. The minimum atomic E-state index is -0.360. The summed E-state index contributed by atoms with van der Waals surface area (Å²) in [5, 5.41) is 8.17. The van der Waals surface area contributed by atoms with Crippen LogP contribution in [0.25, 0.3) is 0 Å². The maximum absolute atomic E-state index is 13.0. The number of nitrogens with two attached hydrogens (primary N) is 1. The van der Waals surface area contributed by atoms with Gasteiger partial charge in [0.15, 0.2) is 8.68 Å². The highest BCUT2D eigenvalue weighted by molar-refractivity contribution is 8.03. The van der Waals surface area contributed by atoms with Gasteiger partial charge >= 0.3 is 0 Å². The lowest BCUT2D eigenvalue weighted by Crippen LogP contribution is -2.50. The molecule has 0 radical (unpaired) electrons. The first-order chi connectivity index (χ1) is 11.5. The Morgan fingerprint density at radius 1 is 1.00 bits per heavy atom. The number of rotatable bonds is 7. The third-order valence-electron chi connectivity index (χ3n) is 5.68. The molecule has 2 N–H and O–H groups in total. The normalized spacial score (nSPS) is 33.8. The summed E-state index contributed by atoms with van der Waals surface area (Å²) in [5.41, 5.74) is 5.10. The van der Waals surface area contributed by atoms with E-state index in [1.54, 1.807) is 0 Å². The van der Waals surface area contributed by atoms with E-state index in [0.29, 0.717) is 11.5 Å². The molecule has 0 saturated heterocycles. The zero-order valence-electron chi connectivity index (χ0n) is 13.4. The fourth-order valence-corrected chi connectivity index (χ4v) is 7.97. The third-order valence-corrected chi connectivity index (χ3v) is 8.89. The van der Waals surface area contributed by atoms with Crippen LogP contribution in [0.1, 0.15) is 38.5 Å². The van der Waals surface area contributed by atoms with Gasteiger partial charge < -0.3 is 5.73 Å². The van der Waals surface area contributed by atoms with Gasteiger partial charge in [-0.15, -0.1) is 10.2 Å². The van der Waals surface area contributed by atoms with Crippen molar-refractivity contribution < 1.29 is 9.59 Å². The van der Waals surface area contributed by atoms with Crippen molar-refractivity contribution in [3.8, 4) is 0 Å². The Labute approximate surface area is 153 Å². The fraction of sp³-hybridized carbons (Fsp3) is 0.750. The molecule has 4 aliphatic rings. The summed E-state index contributed by atoms with van der Waals surface area (Å²) in [6, 6.07) is 0. The second kappa shape index (κ2) is 6.61. The van der Waals surface area contributed by atoms with Gasteiger partial charge in [0.25, 0.3) is 0 Å². The van der Waals surface area contributed by atoms with Crippen molar-refractivity contribution in [3.05, 3.63) is 0 Å². The monoisotopic (exact) mass is 383 g/mol. The van der Waals surface area contributed by atoms with Gasteiger partial charge in [-0.25, -0.2) is 0 Å². The van der Waals surface area contributed by atoms with E-state index >= 15 is 0 Å². The van der Waals surface area contributed by atoms with Crippen molar-refractivity contribution in [2.75, 3.05) is 11.5 Å². The van der Waals surface area contributed by atoms with Crippen LogP contribution in [0.15, 0.2) is 8.68 Å². The lowest BCUT2D eigenvalue weighted by atomic mass is 9.48. The predicted molar refractivity (Wildman–Crippen MR) is 96.2 cm³/mol. The molecule has 0 spiro atoms. The highest BCUT2D eigenvalue weighted by Gasteiger charge is 2.54. The van der Waals surface area contributed by atoms with Crippen LogP contribution in [0.4, 0.5) is 0 Å². The Hall–Kier alpha value is -0.600. The Bertz CT molecular complexity index is 625. The van der Waals surface area contributed by atoms with Crippen LogP contribution in [-0.4, -0.2) is 33.4 Å². The molecule has 0 unspecified atom stereocenters. The van der Waals surface area contributed by atoms with E-state index in [-0.39, 0.29) is 17.1 Å². The number of Topliss-reactive ketones (excluding diaryl/α,β-unsaturated/α-hetero) is 1. The van der Waals surface area contributed by atoms with Crippen molar-refractivity contribution in [3.63, 3.8) is 0 Å². The highest BCUT2D eigenvalue weighted by atomic mass is 32.2. The summed E-state index contributed by atoms with van der Waals surface area (Å²) >= 11 is 4.24. The summed E-state index contributed by atoms with van der Waals surface area (Å²) in [6.07, 6.45) is 7.43. The number of hydrogen-bond donors (Lipinski definition) is 1. The largest absolute Gasteiger partial charge is 0.369 e. The van der Waals surface area contributed by atoms with E-state index in [0.717, 1.165) is 45.7 Å². The quantitative estimate of drug-likeness (QED) is 0.729. The molecule has 130 valence electrons. The minimum absolute atomic E-state index is 0.0318. The van der Waals surface area contributed by atoms with Gasteiger partial charge in [-0.1, -0.05) is 34.9 Å². The molecular formula is C16H21N3O2S3. The molecule has 1 amide bonds. The number of carbonyl (C=O) groups is 2. The van der Waals surface area contributed by atoms with Crippen LogP contribution >= 0.6 is 34.9 Å². The maximum atomic E-state index is 13.0.